The number of carbonyl (C=O) groups is 3. The Morgan fingerprint density at radius 3 is 2.44 bits per heavy atom. The number of nitrogens with zero attached hydrogens (tertiary/aromatic N) is 1. The summed E-state index contributed by atoms with van der Waals surface area (Å²) in [7, 11) is 1.32. The largest absolute Gasteiger partial charge is 0.465 e. The van der Waals surface area contributed by atoms with Crippen LogP contribution in [0.25, 0.3) is 0 Å². The molecule has 0 spiro atoms. The number of hydrogen-bond donors (Lipinski definition) is 2. The van der Waals surface area contributed by atoms with Crippen molar-refractivity contribution in [1.82, 2.24) is 5.43 Å². The van der Waals surface area contributed by atoms with E-state index in [9.17, 15) is 14.4 Å². The summed E-state index contributed by atoms with van der Waals surface area (Å²) in [6.07, 6.45) is 7.17. The summed E-state index contributed by atoms with van der Waals surface area (Å²) in [6.45, 7) is 0. The van der Waals surface area contributed by atoms with Crippen LogP contribution in [0.2, 0.25) is 0 Å². The van der Waals surface area contributed by atoms with E-state index in [4.69, 9.17) is 4.74 Å². The average molecular weight is 454 g/mol. The molecule has 0 unspecified atom stereocenters. The number of methoxy groups -OCH3 is 1. The molecule has 0 atom stereocenters. The van der Waals surface area contributed by atoms with E-state index < -0.39 is 17.8 Å². The van der Waals surface area contributed by atoms with E-state index >= 15 is 0 Å². The molecule has 1 fully saturated rings. The van der Waals surface area contributed by atoms with Gasteiger partial charge in [0.2, 0.25) is 0 Å². The summed E-state index contributed by atoms with van der Waals surface area (Å²) in [6, 6.07) is 10.4. The van der Waals surface area contributed by atoms with Crippen LogP contribution in [0.15, 0.2) is 35.4 Å². The fraction of sp³-hybridized carbons (Fsp3) is 0.417. The number of benzene rings is 1. The zero-order valence-corrected chi connectivity index (χ0v) is 18.9. The van der Waals surface area contributed by atoms with Crippen molar-refractivity contribution in [2.24, 2.45) is 5.10 Å². The summed E-state index contributed by atoms with van der Waals surface area (Å²) < 4.78 is 4.90. The highest BCUT2D eigenvalue weighted by Crippen LogP contribution is 2.38. The molecule has 4 rings (SSSR count). The Kier molecular flexibility index (Phi) is 6.99. The highest BCUT2D eigenvalue weighted by molar-refractivity contribution is 7.17. The monoisotopic (exact) mass is 453 g/mol. The molecular weight excluding hydrogens is 426 g/mol. The van der Waals surface area contributed by atoms with E-state index in [1.807, 2.05) is 18.2 Å². The van der Waals surface area contributed by atoms with Crippen LogP contribution in [-0.2, 0) is 27.2 Å². The van der Waals surface area contributed by atoms with Crippen LogP contribution in [0, 0.1) is 0 Å². The van der Waals surface area contributed by atoms with Gasteiger partial charge in [0.25, 0.3) is 0 Å². The second-order valence-corrected chi connectivity index (χ2v) is 9.27. The molecule has 1 aromatic carbocycles. The number of hydrogen-bond acceptors (Lipinski definition) is 6. The Balaban J connectivity index is 1.35. The van der Waals surface area contributed by atoms with Gasteiger partial charge in [0.1, 0.15) is 5.00 Å². The molecular formula is C24H27N3O4S. The molecule has 1 saturated carbocycles. The number of aryl methyl sites for hydroxylation is 1. The number of ether oxygens (including phenoxy) is 1. The first-order chi connectivity index (χ1) is 15.6. The fourth-order valence-electron chi connectivity index (χ4n) is 4.43. The van der Waals surface area contributed by atoms with Crippen molar-refractivity contribution in [3.05, 3.63) is 51.9 Å². The lowest BCUT2D eigenvalue weighted by molar-refractivity contribution is -0.136. The van der Waals surface area contributed by atoms with Crippen LogP contribution in [0.5, 0.6) is 0 Å². The molecule has 7 nitrogen and oxygen atoms in total. The van der Waals surface area contributed by atoms with Crippen molar-refractivity contribution in [1.29, 1.82) is 0 Å². The predicted octanol–water partition coefficient (Wildman–Crippen LogP) is 4.18. The van der Waals surface area contributed by atoms with Gasteiger partial charge in [-0.2, -0.15) is 5.10 Å². The van der Waals surface area contributed by atoms with Crippen molar-refractivity contribution >= 4 is 39.8 Å². The summed E-state index contributed by atoms with van der Waals surface area (Å²) in [4.78, 5) is 38.2. The normalized spacial score (nSPS) is 17.8. The predicted molar refractivity (Wildman–Crippen MR) is 124 cm³/mol. The molecule has 8 heteroatoms. The first-order valence-electron chi connectivity index (χ1n) is 11.0. The Morgan fingerprint density at radius 2 is 1.72 bits per heavy atom. The molecule has 2 amide bonds. The number of fused-ring (bicyclic) bond motifs is 1. The number of amides is 2. The molecule has 2 N–H and O–H groups in total. The van der Waals surface area contributed by atoms with Crippen LogP contribution in [0.4, 0.5) is 5.00 Å². The number of rotatable bonds is 4. The van der Waals surface area contributed by atoms with E-state index in [2.05, 4.69) is 28.0 Å². The van der Waals surface area contributed by atoms with Gasteiger partial charge in [-0.25, -0.2) is 10.2 Å². The highest BCUT2D eigenvalue weighted by Gasteiger charge is 2.28. The number of carbonyl (C=O) groups excluding carboxylic acids is 3. The molecule has 0 aliphatic heterocycles. The molecule has 2 aliphatic rings. The minimum Gasteiger partial charge on any atom is -0.465 e. The van der Waals surface area contributed by atoms with Crippen molar-refractivity contribution in [3.63, 3.8) is 0 Å². The molecule has 0 saturated heterocycles. The average Bonchev–Trinajstić information content (AvgIpc) is 3.20. The zero-order valence-electron chi connectivity index (χ0n) is 18.1. The van der Waals surface area contributed by atoms with Crippen LogP contribution in [0.3, 0.4) is 0 Å². The maximum atomic E-state index is 12.5. The molecule has 0 radical (unpaired) electrons. The van der Waals surface area contributed by atoms with E-state index in [0.717, 1.165) is 67.5 Å². The fourth-order valence-corrected chi connectivity index (χ4v) is 5.71. The van der Waals surface area contributed by atoms with E-state index in [-0.39, 0.29) is 0 Å². The van der Waals surface area contributed by atoms with E-state index in [1.54, 1.807) is 0 Å². The third-order valence-electron chi connectivity index (χ3n) is 6.14. The van der Waals surface area contributed by atoms with Gasteiger partial charge in [0.05, 0.1) is 12.7 Å². The molecule has 32 heavy (non-hydrogen) atoms. The smallest absolute Gasteiger partial charge is 0.341 e. The van der Waals surface area contributed by atoms with Crippen molar-refractivity contribution in [3.8, 4) is 0 Å². The third-order valence-corrected chi connectivity index (χ3v) is 7.35. The minimum absolute atomic E-state index is 0.374. The molecule has 1 heterocycles. The van der Waals surface area contributed by atoms with Crippen LogP contribution in [0.1, 0.15) is 70.8 Å². The summed E-state index contributed by atoms with van der Waals surface area (Å²) >= 11 is 1.35. The van der Waals surface area contributed by atoms with Gasteiger partial charge in [-0.05, 0) is 68.4 Å². The topological polar surface area (TPSA) is 96.9 Å². The molecule has 2 aromatic rings. The molecule has 168 valence electrons. The van der Waals surface area contributed by atoms with Crippen molar-refractivity contribution in [2.45, 2.75) is 57.3 Å². The zero-order chi connectivity index (χ0) is 22.5. The van der Waals surface area contributed by atoms with Crippen LogP contribution in [-0.4, -0.2) is 30.6 Å². The summed E-state index contributed by atoms with van der Waals surface area (Å²) in [5, 5.41) is 7.15. The molecule has 2 aliphatic carbocycles. The SMILES string of the molecule is COC(=O)c1c(NC(=O)C(=O)NN=C2CCC(c3ccccc3)CC2)sc2c1CCCC2. The van der Waals surface area contributed by atoms with Crippen molar-refractivity contribution in [2.75, 3.05) is 12.4 Å². The highest BCUT2D eigenvalue weighted by atomic mass is 32.1. The lowest BCUT2D eigenvalue weighted by Crippen LogP contribution is -2.33. The third kappa shape index (κ3) is 4.91. The van der Waals surface area contributed by atoms with Gasteiger partial charge in [-0.15, -0.1) is 11.3 Å². The Bertz CT molecular complexity index is 1040. The van der Waals surface area contributed by atoms with Gasteiger partial charge in [0, 0.05) is 10.6 Å². The van der Waals surface area contributed by atoms with Gasteiger partial charge in [-0.1, -0.05) is 30.3 Å². The number of thiophene rings is 1. The quantitative estimate of drug-likeness (QED) is 0.412. The first-order valence-corrected chi connectivity index (χ1v) is 11.8. The Labute approximate surface area is 191 Å². The van der Waals surface area contributed by atoms with Gasteiger partial charge in [-0.3, -0.25) is 9.59 Å². The number of nitrogens with one attached hydrogen (secondary N) is 2. The second kappa shape index (κ2) is 10.1. The van der Waals surface area contributed by atoms with Crippen LogP contribution >= 0.6 is 11.3 Å². The number of esters is 1. The minimum atomic E-state index is -0.843. The van der Waals surface area contributed by atoms with Crippen molar-refractivity contribution < 1.29 is 19.1 Å². The first kappa shape index (κ1) is 22.2. The number of hydrazone groups is 1. The van der Waals surface area contributed by atoms with E-state index in [0.29, 0.717) is 16.5 Å². The second-order valence-electron chi connectivity index (χ2n) is 8.16. The Morgan fingerprint density at radius 1 is 1.00 bits per heavy atom. The maximum absolute atomic E-state index is 12.5. The van der Waals surface area contributed by atoms with Crippen LogP contribution < -0.4 is 10.7 Å². The van der Waals surface area contributed by atoms with Gasteiger partial charge in [0.15, 0.2) is 0 Å². The van der Waals surface area contributed by atoms with Gasteiger partial charge < -0.3 is 10.1 Å². The summed E-state index contributed by atoms with van der Waals surface area (Å²) in [5.41, 5.74) is 5.90. The summed E-state index contributed by atoms with van der Waals surface area (Å²) in [5.74, 6) is -1.67. The lowest BCUT2D eigenvalue weighted by atomic mass is 9.83. The Hall–Kier alpha value is -3.00. The maximum Gasteiger partial charge on any atom is 0.341 e. The number of anilines is 1. The molecule has 1 aromatic heterocycles. The molecule has 0 bridgehead atoms. The van der Waals surface area contributed by atoms with E-state index in [1.165, 1.54) is 24.0 Å². The lowest BCUT2D eigenvalue weighted by Gasteiger charge is -2.23. The standard InChI is InChI=1S/C24H27N3O4S/c1-31-24(30)20-18-9-5-6-10-19(18)32-23(20)25-21(28)22(29)27-26-17-13-11-16(12-14-17)15-7-3-2-4-8-15/h2-4,7-8,16H,5-6,9-14H2,1H3,(H,25,28)(H,27,29). The van der Waals surface area contributed by atoms with Gasteiger partial charge >= 0.3 is 17.8 Å².